The Bertz CT molecular complexity index is 201. The molecule has 1 aliphatic heterocycles. The smallest absolute Gasteiger partial charge is 0.223 e. The summed E-state index contributed by atoms with van der Waals surface area (Å²) in [6.45, 7) is 6.40. The molecule has 0 bridgehead atoms. The maximum absolute atomic E-state index is 11.7. The van der Waals surface area contributed by atoms with Crippen LogP contribution in [0.4, 0.5) is 0 Å². The lowest BCUT2D eigenvalue weighted by atomic mass is 10.2. The standard InChI is InChI=1S/C11H22N2O2/c1-9(2)12-6-4-11(14)13(3)10-5-7-15-8-10/h9-10,12H,4-8H2,1-3H3. The van der Waals surface area contributed by atoms with Gasteiger partial charge in [-0.3, -0.25) is 4.79 Å². The first-order valence-corrected chi connectivity index (χ1v) is 5.68. The van der Waals surface area contributed by atoms with Crippen molar-refractivity contribution < 1.29 is 9.53 Å². The molecule has 0 radical (unpaired) electrons. The number of amides is 1. The van der Waals surface area contributed by atoms with E-state index < -0.39 is 0 Å². The minimum absolute atomic E-state index is 0.207. The largest absolute Gasteiger partial charge is 0.379 e. The van der Waals surface area contributed by atoms with Crippen LogP contribution in [0, 0.1) is 0 Å². The minimum Gasteiger partial charge on any atom is -0.379 e. The fraction of sp³-hybridized carbons (Fsp3) is 0.909. The van der Waals surface area contributed by atoms with Crippen LogP contribution in [0.1, 0.15) is 26.7 Å². The SMILES string of the molecule is CC(C)NCCC(=O)N(C)C1CCOC1. The Labute approximate surface area is 92.0 Å². The van der Waals surface area contributed by atoms with Crippen LogP contribution >= 0.6 is 0 Å². The molecule has 1 N–H and O–H groups in total. The molecule has 1 fully saturated rings. The normalized spacial score (nSPS) is 20.9. The third-order valence-electron chi connectivity index (χ3n) is 2.74. The van der Waals surface area contributed by atoms with Crippen molar-refractivity contribution in [3.63, 3.8) is 0 Å². The molecule has 4 heteroatoms. The van der Waals surface area contributed by atoms with Gasteiger partial charge in [-0.25, -0.2) is 0 Å². The molecule has 4 nitrogen and oxygen atoms in total. The first-order valence-electron chi connectivity index (χ1n) is 5.68. The zero-order chi connectivity index (χ0) is 11.3. The van der Waals surface area contributed by atoms with Gasteiger partial charge in [0.2, 0.25) is 5.91 Å². The quantitative estimate of drug-likeness (QED) is 0.729. The lowest BCUT2D eigenvalue weighted by Crippen LogP contribution is -2.39. The summed E-state index contributed by atoms with van der Waals surface area (Å²) in [5.41, 5.74) is 0. The van der Waals surface area contributed by atoms with Crippen molar-refractivity contribution in [2.75, 3.05) is 26.8 Å². The molecule has 1 aliphatic rings. The van der Waals surface area contributed by atoms with Crippen LogP contribution in [0.25, 0.3) is 0 Å². The van der Waals surface area contributed by atoms with Crippen LogP contribution in [0.5, 0.6) is 0 Å². The van der Waals surface area contributed by atoms with Crippen molar-refractivity contribution in [3.05, 3.63) is 0 Å². The van der Waals surface area contributed by atoms with Gasteiger partial charge in [-0.05, 0) is 6.42 Å². The van der Waals surface area contributed by atoms with Gasteiger partial charge in [0, 0.05) is 32.7 Å². The minimum atomic E-state index is 0.207. The van der Waals surface area contributed by atoms with Gasteiger partial charge in [-0.15, -0.1) is 0 Å². The van der Waals surface area contributed by atoms with Gasteiger partial charge in [-0.1, -0.05) is 13.8 Å². The maximum atomic E-state index is 11.7. The van der Waals surface area contributed by atoms with Crippen LogP contribution in [0.2, 0.25) is 0 Å². The number of likely N-dealkylation sites (N-methyl/N-ethyl adjacent to an activating group) is 1. The molecule has 0 saturated carbocycles. The van der Waals surface area contributed by atoms with Crippen molar-refractivity contribution in [2.45, 2.75) is 38.8 Å². The molecule has 1 rings (SSSR count). The maximum Gasteiger partial charge on any atom is 0.223 e. The predicted octanol–water partition coefficient (Wildman–Crippen LogP) is 0.622. The van der Waals surface area contributed by atoms with Gasteiger partial charge in [0.1, 0.15) is 0 Å². The highest BCUT2D eigenvalue weighted by atomic mass is 16.5. The summed E-state index contributed by atoms with van der Waals surface area (Å²) >= 11 is 0. The average Bonchev–Trinajstić information content (AvgIpc) is 2.68. The molecular weight excluding hydrogens is 192 g/mol. The van der Waals surface area contributed by atoms with Crippen molar-refractivity contribution in [2.24, 2.45) is 0 Å². The molecular formula is C11H22N2O2. The van der Waals surface area contributed by atoms with E-state index in [9.17, 15) is 4.79 Å². The van der Waals surface area contributed by atoms with Gasteiger partial charge in [0.25, 0.3) is 0 Å². The second-order valence-electron chi connectivity index (χ2n) is 4.38. The lowest BCUT2D eigenvalue weighted by Gasteiger charge is -2.23. The Morgan fingerprint density at radius 1 is 1.60 bits per heavy atom. The second kappa shape index (κ2) is 6.08. The molecule has 0 spiro atoms. The van der Waals surface area contributed by atoms with Crippen molar-refractivity contribution in [1.82, 2.24) is 10.2 Å². The van der Waals surface area contributed by atoms with E-state index in [-0.39, 0.29) is 11.9 Å². The van der Waals surface area contributed by atoms with E-state index in [4.69, 9.17) is 4.74 Å². The summed E-state index contributed by atoms with van der Waals surface area (Å²) in [5, 5.41) is 3.24. The molecule has 0 aromatic rings. The summed E-state index contributed by atoms with van der Waals surface area (Å²) in [6, 6.07) is 0.731. The highest BCUT2D eigenvalue weighted by Gasteiger charge is 2.23. The molecule has 1 atom stereocenters. The third kappa shape index (κ3) is 4.18. The number of hydrogen-bond donors (Lipinski definition) is 1. The Morgan fingerprint density at radius 2 is 2.33 bits per heavy atom. The fourth-order valence-electron chi connectivity index (χ4n) is 1.68. The van der Waals surface area contributed by atoms with Crippen LogP contribution in [0.15, 0.2) is 0 Å². The summed E-state index contributed by atoms with van der Waals surface area (Å²) in [6.07, 6.45) is 1.55. The van der Waals surface area contributed by atoms with Gasteiger partial charge >= 0.3 is 0 Å². The van der Waals surface area contributed by atoms with E-state index in [2.05, 4.69) is 19.2 Å². The molecule has 1 heterocycles. The molecule has 88 valence electrons. The van der Waals surface area contributed by atoms with E-state index in [1.807, 2.05) is 11.9 Å². The zero-order valence-corrected chi connectivity index (χ0v) is 9.95. The topological polar surface area (TPSA) is 41.6 Å². The fourth-order valence-corrected chi connectivity index (χ4v) is 1.68. The first-order chi connectivity index (χ1) is 7.11. The molecule has 0 aromatic carbocycles. The van der Waals surface area contributed by atoms with Gasteiger partial charge in [0.05, 0.1) is 12.6 Å². The van der Waals surface area contributed by atoms with Crippen LogP contribution in [-0.4, -0.2) is 49.7 Å². The Morgan fingerprint density at radius 3 is 2.87 bits per heavy atom. The van der Waals surface area contributed by atoms with E-state index in [0.717, 1.165) is 19.6 Å². The van der Waals surface area contributed by atoms with Gasteiger partial charge in [-0.2, -0.15) is 0 Å². The lowest BCUT2D eigenvalue weighted by molar-refractivity contribution is -0.131. The number of ether oxygens (including phenoxy) is 1. The molecule has 15 heavy (non-hydrogen) atoms. The molecule has 1 amide bonds. The van der Waals surface area contributed by atoms with Gasteiger partial charge in [0.15, 0.2) is 0 Å². The second-order valence-corrected chi connectivity index (χ2v) is 4.38. The number of rotatable bonds is 5. The summed E-state index contributed by atoms with van der Waals surface area (Å²) in [5.74, 6) is 0.207. The monoisotopic (exact) mass is 214 g/mol. The molecule has 0 aromatic heterocycles. The van der Waals surface area contributed by atoms with Crippen molar-refractivity contribution >= 4 is 5.91 Å². The number of hydrogen-bond acceptors (Lipinski definition) is 3. The number of carbonyl (C=O) groups excluding carboxylic acids is 1. The van der Waals surface area contributed by atoms with Crippen LogP contribution < -0.4 is 5.32 Å². The highest BCUT2D eigenvalue weighted by Crippen LogP contribution is 2.11. The summed E-state index contributed by atoms with van der Waals surface area (Å²) in [7, 11) is 1.87. The van der Waals surface area contributed by atoms with Crippen LogP contribution in [0.3, 0.4) is 0 Å². The third-order valence-corrected chi connectivity index (χ3v) is 2.74. The predicted molar refractivity (Wildman–Crippen MR) is 59.7 cm³/mol. The van der Waals surface area contributed by atoms with E-state index in [1.165, 1.54) is 0 Å². The first kappa shape index (κ1) is 12.5. The highest BCUT2D eigenvalue weighted by molar-refractivity contribution is 5.76. The Balaban J connectivity index is 2.20. The molecule has 1 saturated heterocycles. The van der Waals surface area contributed by atoms with Gasteiger partial charge < -0.3 is 15.0 Å². The summed E-state index contributed by atoms with van der Waals surface area (Å²) < 4.78 is 5.26. The van der Waals surface area contributed by atoms with E-state index in [0.29, 0.717) is 19.1 Å². The molecule has 1 unspecified atom stereocenters. The molecule has 0 aliphatic carbocycles. The zero-order valence-electron chi connectivity index (χ0n) is 9.95. The Hall–Kier alpha value is -0.610. The number of nitrogens with zero attached hydrogens (tertiary/aromatic N) is 1. The number of carbonyl (C=O) groups is 1. The van der Waals surface area contributed by atoms with Crippen LogP contribution in [-0.2, 0) is 9.53 Å². The number of nitrogens with one attached hydrogen (secondary N) is 1. The van der Waals surface area contributed by atoms with Crippen molar-refractivity contribution in [3.8, 4) is 0 Å². The van der Waals surface area contributed by atoms with E-state index >= 15 is 0 Å². The average molecular weight is 214 g/mol. The summed E-state index contributed by atoms with van der Waals surface area (Å²) in [4.78, 5) is 13.6. The van der Waals surface area contributed by atoms with E-state index in [1.54, 1.807) is 0 Å². The van der Waals surface area contributed by atoms with Crippen molar-refractivity contribution in [1.29, 1.82) is 0 Å². The Kier molecular flexibility index (Phi) is 5.05.